The Hall–Kier alpha value is 0.354. The topological polar surface area (TPSA) is 12.5 Å². The number of rotatable bonds is 7. The summed E-state index contributed by atoms with van der Waals surface area (Å²) >= 11 is 0. The molecular weight excluding hydrogens is 206 g/mol. The van der Waals surface area contributed by atoms with Gasteiger partial charge in [0, 0.05) is 12.1 Å². The maximum Gasteiger partial charge on any atom is 0.241 e. The Morgan fingerprint density at radius 3 is 1.93 bits per heavy atom. The maximum atomic E-state index is 5.95. The summed E-state index contributed by atoms with van der Waals surface area (Å²) in [5.41, 5.74) is 0. The van der Waals surface area contributed by atoms with Gasteiger partial charge in [0.15, 0.2) is 0 Å². The summed E-state index contributed by atoms with van der Waals surface area (Å²) in [7, 11) is -1.31. The summed E-state index contributed by atoms with van der Waals surface area (Å²) in [6.45, 7) is 13.8. The summed E-state index contributed by atoms with van der Waals surface area (Å²) in [5.74, 6) is 0. The van der Waals surface area contributed by atoms with Crippen LogP contribution in [0.25, 0.3) is 0 Å². The molecule has 4 heteroatoms. The molecule has 0 fully saturated rings. The molecule has 0 aromatic rings. The van der Waals surface area contributed by atoms with Crippen LogP contribution in [0.1, 0.15) is 40.5 Å². The van der Waals surface area contributed by atoms with Crippen LogP contribution in [0.3, 0.4) is 0 Å². The molecule has 0 spiro atoms. The average molecular weight is 234 g/mol. The summed E-state index contributed by atoms with van der Waals surface area (Å²) in [5, 5.41) is 0. The third-order valence-corrected chi connectivity index (χ3v) is 8.15. The van der Waals surface area contributed by atoms with Crippen molar-refractivity contribution in [3.05, 3.63) is 0 Å². The van der Waals surface area contributed by atoms with Gasteiger partial charge in [-0.15, -0.1) is 0 Å². The molecule has 0 rings (SSSR count). The molecule has 0 saturated heterocycles. The molecule has 0 bridgehead atoms. The van der Waals surface area contributed by atoms with Crippen LogP contribution in [0, 0.1) is 0 Å². The molecule has 0 amide bonds. The lowest BCUT2D eigenvalue weighted by Crippen LogP contribution is -2.50. The quantitative estimate of drug-likeness (QED) is 0.623. The number of nitrogens with zero attached hydrogens (tertiary/aromatic N) is 1. The van der Waals surface area contributed by atoms with Gasteiger partial charge < -0.3 is 8.68 Å². The first-order valence-corrected chi connectivity index (χ1v) is 10.1. The van der Waals surface area contributed by atoms with Gasteiger partial charge in [-0.05, 0) is 19.4 Å². The normalized spacial score (nSPS) is 19.1. The van der Waals surface area contributed by atoms with Crippen molar-refractivity contribution in [2.75, 3.05) is 0 Å². The van der Waals surface area contributed by atoms with Gasteiger partial charge in [0.2, 0.25) is 9.20 Å². The van der Waals surface area contributed by atoms with Gasteiger partial charge in [-0.1, -0.05) is 34.2 Å². The van der Waals surface area contributed by atoms with Crippen molar-refractivity contribution < 1.29 is 4.12 Å². The molecule has 2 nitrogen and oxygen atoms in total. The lowest BCUT2D eigenvalue weighted by molar-refractivity contribution is 0.236. The lowest BCUT2D eigenvalue weighted by atomic mass is 10.2. The van der Waals surface area contributed by atoms with Crippen LogP contribution in [-0.2, 0) is 4.12 Å². The second-order valence-electron chi connectivity index (χ2n) is 4.02. The molecule has 0 aliphatic rings. The van der Waals surface area contributed by atoms with E-state index >= 15 is 0 Å². The fraction of sp³-hybridized carbons (Fsp3) is 1.00. The average Bonchev–Trinajstić information content (AvgIpc) is 2.17. The van der Waals surface area contributed by atoms with Gasteiger partial charge >= 0.3 is 0 Å². The van der Waals surface area contributed by atoms with E-state index in [2.05, 4.69) is 45.4 Å². The van der Waals surface area contributed by atoms with Crippen LogP contribution >= 0.6 is 0 Å². The third kappa shape index (κ3) is 4.25. The van der Waals surface area contributed by atoms with Gasteiger partial charge in [0.25, 0.3) is 0 Å². The predicted molar refractivity (Wildman–Crippen MR) is 69.9 cm³/mol. The summed E-state index contributed by atoms with van der Waals surface area (Å²) < 4.78 is 8.60. The second kappa shape index (κ2) is 7.62. The van der Waals surface area contributed by atoms with E-state index in [9.17, 15) is 0 Å². The standard InChI is InChI=1S/C10H27NOSi2/c1-7-9(3)11(10(4)8-2)14(6)12-13-5/h9-10,14H,7-8,13H2,1-6H3. The molecule has 0 aliphatic carbocycles. The fourth-order valence-corrected chi connectivity index (χ4v) is 6.37. The molecule has 0 aromatic heterocycles. The number of hydrogen-bond acceptors (Lipinski definition) is 2. The van der Waals surface area contributed by atoms with Crippen LogP contribution in [0.15, 0.2) is 0 Å². The molecule has 0 radical (unpaired) electrons. The fourth-order valence-electron chi connectivity index (χ4n) is 1.90. The van der Waals surface area contributed by atoms with Gasteiger partial charge in [-0.2, -0.15) is 0 Å². The maximum absolute atomic E-state index is 5.95. The predicted octanol–water partition coefficient (Wildman–Crippen LogP) is 1.88. The summed E-state index contributed by atoms with van der Waals surface area (Å²) in [6.07, 6.45) is 2.46. The Bertz CT molecular complexity index is 136. The largest absolute Gasteiger partial charge is 0.452 e. The van der Waals surface area contributed by atoms with Crippen LogP contribution in [0.5, 0.6) is 0 Å². The van der Waals surface area contributed by atoms with E-state index in [1.165, 1.54) is 12.8 Å². The van der Waals surface area contributed by atoms with E-state index in [4.69, 9.17) is 4.12 Å². The Labute approximate surface area is 93.8 Å². The summed E-state index contributed by atoms with van der Waals surface area (Å²) in [4.78, 5) is 0. The van der Waals surface area contributed by atoms with Crippen LogP contribution in [0.2, 0.25) is 13.1 Å². The van der Waals surface area contributed by atoms with Crippen molar-refractivity contribution in [2.45, 2.75) is 65.7 Å². The highest BCUT2D eigenvalue weighted by molar-refractivity contribution is 6.54. The summed E-state index contributed by atoms with van der Waals surface area (Å²) in [6, 6.07) is 1.37. The highest BCUT2D eigenvalue weighted by atomic mass is 28.4. The van der Waals surface area contributed by atoms with Crippen LogP contribution in [0.4, 0.5) is 0 Å². The molecule has 14 heavy (non-hydrogen) atoms. The monoisotopic (exact) mass is 233 g/mol. The van der Waals surface area contributed by atoms with Crippen molar-refractivity contribution in [1.29, 1.82) is 0 Å². The molecule has 86 valence electrons. The highest BCUT2D eigenvalue weighted by Gasteiger charge is 2.24. The third-order valence-electron chi connectivity index (χ3n) is 3.03. The lowest BCUT2D eigenvalue weighted by Gasteiger charge is -2.37. The molecule has 0 N–H and O–H groups in total. The molecule has 0 saturated carbocycles. The van der Waals surface area contributed by atoms with Crippen molar-refractivity contribution >= 4 is 19.0 Å². The van der Waals surface area contributed by atoms with E-state index in [1.54, 1.807) is 0 Å². The van der Waals surface area contributed by atoms with E-state index < -0.39 is 9.20 Å². The Morgan fingerprint density at radius 2 is 1.64 bits per heavy atom. The van der Waals surface area contributed by atoms with Crippen molar-refractivity contribution in [3.8, 4) is 0 Å². The minimum Gasteiger partial charge on any atom is -0.452 e. The van der Waals surface area contributed by atoms with Crippen LogP contribution < -0.4 is 0 Å². The van der Waals surface area contributed by atoms with Gasteiger partial charge in [0.1, 0.15) is 9.76 Å². The van der Waals surface area contributed by atoms with Gasteiger partial charge in [-0.25, -0.2) is 0 Å². The number of hydrogen-bond donors (Lipinski definition) is 0. The SMILES string of the molecule is CCC(C)N(C(C)CC)[SiH](C)O[SiH2]C. The van der Waals surface area contributed by atoms with Gasteiger partial charge in [0.05, 0.1) is 0 Å². The van der Waals surface area contributed by atoms with Crippen molar-refractivity contribution in [1.82, 2.24) is 4.57 Å². The van der Waals surface area contributed by atoms with Gasteiger partial charge in [-0.3, -0.25) is 0 Å². The van der Waals surface area contributed by atoms with Crippen molar-refractivity contribution in [3.63, 3.8) is 0 Å². The van der Waals surface area contributed by atoms with E-state index in [0.717, 1.165) is 0 Å². The van der Waals surface area contributed by atoms with E-state index in [0.29, 0.717) is 12.1 Å². The minimum atomic E-state index is -1.07. The Balaban J connectivity index is 4.36. The first-order chi connectivity index (χ1) is 6.58. The molecule has 0 aliphatic heterocycles. The zero-order chi connectivity index (χ0) is 11.1. The second-order valence-corrected chi connectivity index (χ2v) is 7.72. The Morgan fingerprint density at radius 1 is 1.21 bits per heavy atom. The highest BCUT2D eigenvalue weighted by Crippen LogP contribution is 2.14. The van der Waals surface area contributed by atoms with E-state index in [-0.39, 0.29) is 9.76 Å². The van der Waals surface area contributed by atoms with Crippen LogP contribution in [-0.4, -0.2) is 35.6 Å². The van der Waals surface area contributed by atoms with E-state index in [1.807, 2.05) is 0 Å². The zero-order valence-electron chi connectivity index (χ0n) is 10.7. The molecule has 0 heterocycles. The molecule has 3 unspecified atom stereocenters. The first kappa shape index (κ1) is 14.4. The zero-order valence-corrected chi connectivity index (χ0v) is 13.3. The van der Waals surface area contributed by atoms with Crippen molar-refractivity contribution in [2.24, 2.45) is 0 Å². The minimum absolute atomic E-state index is 0.235. The smallest absolute Gasteiger partial charge is 0.241 e. The molecule has 0 aromatic carbocycles. The molecular formula is C10H27NOSi2. The first-order valence-electron chi connectivity index (χ1n) is 5.97. The molecule has 3 atom stereocenters. The Kier molecular flexibility index (Phi) is 7.81.